The Morgan fingerprint density at radius 2 is 2.33 bits per heavy atom. The van der Waals surface area contributed by atoms with Crippen molar-refractivity contribution in [2.24, 2.45) is 0 Å². The molecule has 0 radical (unpaired) electrons. The van der Waals surface area contributed by atoms with Crippen molar-refractivity contribution in [3.05, 3.63) is 40.4 Å². The summed E-state index contributed by atoms with van der Waals surface area (Å²) in [7, 11) is 0. The molecule has 78 valence electrons. The van der Waals surface area contributed by atoms with Crippen LogP contribution in [-0.2, 0) is 11.2 Å². The van der Waals surface area contributed by atoms with Gasteiger partial charge in [0.05, 0.1) is 0 Å². The molecule has 15 heavy (non-hydrogen) atoms. The number of fused-ring (bicyclic) bond motifs is 1. The molecule has 0 saturated heterocycles. The third-order valence-corrected chi connectivity index (χ3v) is 3.01. The van der Waals surface area contributed by atoms with Gasteiger partial charge in [-0.15, -0.1) is 0 Å². The smallest absolute Gasteiger partial charge is 0.250 e. The number of carbonyl (C=O) groups excluding carboxylic acids is 1. The summed E-state index contributed by atoms with van der Waals surface area (Å²) in [4.78, 5) is 13.5. The standard InChI is InChI=1S/C12H12BrNO/c1-2-3-12(15)14-7-6-9-8-10(13)4-5-11(9)14/h2-5,8H,6-7H2,1H3/b3-2+. The van der Waals surface area contributed by atoms with Gasteiger partial charge in [-0.2, -0.15) is 0 Å². The summed E-state index contributed by atoms with van der Waals surface area (Å²) in [5.41, 5.74) is 2.28. The first-order valence-corrected chi connectivity index (χ1v) is 5.74. The lowest BCUT2D eigenvalue weighted by molar-refractivity contribution is -0.114. The molecule has 0 saturated carbocycles. The quantitative estimate of drug-likeness (QED) is 0.716. The van der Waals surface area contributed by atoms with E-state index in [1.807, 2.05) is 24.0 Å². The van der Waals surface area contributed by atoms with Crippen molar-refractivity contribution in [1.82, 2.24) is 0 Å². The second-order valence-corrected chi connectivity index (χ2v) is 4.43. The zero-order valence-electron chi connectivity index (χ0n) is 8.53. The van der Waals surface area contributed by atoms with E-state index in [-0.39, 0.29) is 5.91 Å². The molecule has 0 aliphatic carbocycles. The second-order valence-electron chi connectivity index (χ2n) is 3.51. The van der Waals surface area contributed by atoms with Crippen molar-refractivity contribution in [2.45, 2.75) is 13.3 Å². The van der Waals surface area contributed by atoms with Crippen molar-refractivity contribution in [3.8, 4) is 0 Å². The van der Waals surface area contributed by atoms with Gasteiger partial charge in [0.25, 0.3) is 5.91 Å². The number of rotatable bonds is 1. The molecule has 1 amide bonds. The molecule has 0 N–H and O–H groups in total. The zero-order chi connectivity index (χ0) is 10.8. The molecule has 1 aromatic carbocycles. The zero-order valence-corrected chi connectivity index (χ0v) is 10.1. The lowest BCUT2D eigenvalue weighted by atomic mass is 10.2. The molecule has 0 bridgehead atoms. The maximum atomic E-state index is 11.7. The average molecular weight is 266 g/mol. The number of allylic oxidation sites excluding steroid dienone is 1. The largest absolute Gasteiger partial charge is 0.308 e. The minimum atomic E-state index is 0.0681. The fourth-order valence-corrected chi connectivity index (χ4v) is 2.24. The Morgan fingerprint density at radius 1 is 1.53 bits per heavy atom. The summed E-state index contributed by atoms with van der Waals surface area (Å²) >= 11 is 3.44. The van der Waals surface area contributed by atoms with Gasteiger partial charge in [-0.25, -0.2) is 0 Å². The van der Waals surface area contributed by atoms with Crippen LogP contribution < -0.4 is 4.90 Å². The topological polar surface area (TPSA) is 20.3 Å². The van der Waals surface area contributed by atoms with Gasteiger partial charge in [0, 0.05) is 16.7 Å². The highest BCUT2D eigenvalue weighted by atomic mass is 79.9. The molecule has 1 aliphatic heterocycles. The highest BCUT2D eigenvalue weighted by molar-refractivity contribution is 9.10. The lowest BCUT2D eigenvalue weighted by Crippen LogP contribution is -2.26. The molecule has 1 aliphatic rings. The number of hydrogen-bond acceptors (Lipinski definition) is 1. The second kappa shape index (κ2) is 4.19. The molecule has 0 spiro atoms. The minimum absolute atomic E-state index is 0.0681. The minimum Gasteiger partial charge on any atom is -0.308 e. The van der Waals surface area contributed by atoms with Gasteiger partial charge >= 0.3 is 0 Å². The Morgan fingerprint density at radius 3 is 3.07 bits per heavy atom. The van der Waals surface area contributed by atoms with Gasteiger partial charge in [-0.05, 0) is 43.2 Å². The van der Waals surface area contributed by atoms with Crippen LogP contribution in [0.4, 0.5) is 5.69 Å². The molecule has 2 rings (SSSR count). The predicted octanol–water partition coefficient (Wildman–Crippen LogP) is 2.91. The van der Waals surface area contributed by atoms with Gasteiger partial charge in [0.15, 0.2) is 0 Å². The number of amides is 1. The molecule has 0 fully saturated rings. The Labute approximate surface area is 97.7 Å². The van der Waals surface area contributed by atoms with Crippen molar-refractivity contribution in [3.63, 3.8) is 0 Å². The normalized spacial score (nSPS) is 14.7. The van der Waals surface area contributed by atoms with Crippen LogP contribution in [0.3, 0.4) is 0 Å². The van der Waals surface area contributed by atoms with E-state index in [4.69, 9.17) is 0 Å². The van der Waals surface area contributed by atoms with Crippen LogP contribution in [0.5, 0.6) is 0 Å². The number of benzene rings is 1. The van der Waals surface area contributed by atoms with Crippen molar-refractivity contribution < 1.29 is 4.79 Å². The number of nitrogens with zero attached hydrogens (tertiary/aromatic N) is 1. The van der Waals surface area contributed by atoms with Gasteiger partial charge < -0.3 is 4.90 Å². The third-order valence-electron chi connectivity index (χ3n) is 2.51. The summed E-state index contributed by atoms with van der Waals surface area (Å²) in [5, 5.41) is 0. The SMILES string of the molecule is C/C=C/C(=O)N1CCc2cc(Br)ccc21. The highest BCUT2D eigenvalue weighted by Crippen LogP contribution is 2.30. The molecule has 0 unspecified atom stereocenters. The Hall–Kier alpha value is -1.09. The van der Waals surface area contributed by atoms with E-state index in [2.05, 4.69) is 22.0 Å². The molecular weight excluding hydrogens is 254 g/mol. The number of hydrogen-bond donors (Lipinski definition) is 0. The predicted molar refractivity (Wildman–Crippen MR) is 65.0 cm³/mol. The molecule has 2 nitrogen and oxygen atoms in total. The van der Waals surface area contributed by atoms with Gasteiger partial charge in [0.1, 0.15) is 0 Å². The maximum absolute atomic E-state index is 11.7. The fraction of sp³-hybridized carbons (Fsp3) is 0.250. The van der Waals surface area contributed by atoms with E-state index in [9.17, 15) is 4.79 Å². The van der Waals surface area contributed by atoms with Gasteiger partial charge in [-0.1, -0.05) is 22.0 Å². The van der Waals surface area contributed by atoms with Crippen LogP contribution in [0.15, 0.2) is 34.8 Å². The molecule has 1 heterocycles. The van der Waals surface area contributed by atoms with Crippen molar-refractivity contribution >= 4 is 27.5 Å². The molecule has 1 aromatic rings. The fourth-order valence-electron chi connectivity index (χ4n) is 1.83. The van der Waals surface area contributed by atoms with Crippen molar-refractivity contribution in [2.75, 3.05) is 11.4 Å². The van der Waals surface area contributed by atoms with E-state index >= 15 is 0 Å². The van der Waals surface area contributed by atoms with Crippen LogP contribution in [0, 0.1) is 0 Å². The Bertz CT molecular complexity index is 426. The Balaban J connectivity index is 2.32. The molecule has 0 aromatic heterocycles. The Kier molecular flexibility index (Phi) is 2.91. The van der Waals surface area contributed by atoms with Gasteiger partial charge in [0.2, 0.25) is 0 Å². The number of carbonyl (C=O) groups is 1. The monoisotopic (exact) mass is 265 g/mol. The van der Waals surface area contributed by atoms with Crippen LogP contribution in [0.25, 0.3) is 0 Å². The van der Waals surface area contributed by atoms with E-state index in [0.29, 0.717) is 0 Å². The maximum Gasteiger partial charge on any atom is 0.250 e. The van der Waals surface area contributed by atoms with Crippen LogP contribution in [0.1, 0.15) is 12.5 Å². The molecular formula is C12H12BrNO. The van der Waals surface area contributed by atoms with E-state index < -0.39 is 0 Å². The molecule has 0 atom stereocenters. The third kappa shape index (κ3) is 1.97. The van der Waals surface area contributed by atoms with Crippen LogP contribution in [-0.4, -0.2) is 12.5 Å². The summed E-state index contributed by atoms with van der Waals surface area (Å²) in [6.45, 7) is 2.64. The van der Waals surface area contributed by atoms with Gasteiger partial charge in [-0.3, -0.25) is 4.79 Å². The summed E-state index contributed by atoms with van der Waals surface area (Å²) in [6.07, 6.45) is 4.33. The first-order chi connectivity index (χ1) is 7.22. The van der Waals surface area contributed by atoms with Crippen LogP contribution >= 0.6 is 15.9 Å². The lowest BCUT2D eigenvalue weighted by Gasteiger charge is -2.14. The average Bonchev–Trinajstić information content (AvgIpc) is 2.60. The van der Waals surface area contributed by atoms with E-state index in [0.717, 1.165) is 23.1 Å². The summed E-state index contributed by atoms with van der Waals surface area (Å²) < 4.78 is 1.07. The number of halogens is 1. The van der Waals surface area contributed by atoms with Crippen molar-refractivity contribution in [1.29, 1.82) is 0 Å². The summed E-state index contributed by atoms with van der Waals surface area (Å²) in [5.74, 6) is 0.0681. The summed E-state index contributed by atoms with van der Waals surface area (Å²) in [6, 6.07) is 6.05. The molecule has 3 heteroatoms. The van der Waals surface area contributed by atoms with E-state index in [1.165, 1.54) is 5.56 Å². The first-order valence-electron chi connectivity index (χ1n) is 4.95. The number of anilines is 1. The van der Waals surface area contributed by atoms with Crippen LogP contribution in [0.2, 0.25) is 0 Å². The first kappa shape index (κ1) is 10.4. The highest BCUT2D eigenvalue weighted by Gasteiger charge is 2.22. The van der Waals surface area contributed by atoms with E-state index in [1.54, 1.807) is 12.2 Å².